The fourth-order valence-corrected chi connectivity index (χ4v) is 2.55. The van der Waals surface area contributed by atoms with Crippen LogP contribution in [0.5, 0.6) is 0 Å². The lowest BCUT2D eigenvalue weighted by Gasteiger charge is -2.00. The summed E-state index contributed by atoms with van der Waals surface area (Å²) < 4.78 is 11.1. The molecule has 0 aliphatic carbocycles. The molecule has 0 atom stereocenters. The molecule has 0 spiro atoms. The Morgan fingerprint density at radius 3 is 2.73 bits per heavy atom. The second-order valence-electron chi connectivity index (χ2n) is 5.46. The summed E-state index contributed by atoms with van der Waals surface area (Å²) in [6.45, 7) is 3.54. The molecule has 7 nitrogen and oxygen atoms in total. The number of hydrogen-bond acceptors (Lipinski definition) is 6. The minimum Gasteiger partial charge on any atom is -0.455 e. The summed E-state index contributed by atoms with van der Waals surface area (Å²) in [6, 6.07) is 9.44. The molecule has 8 heteroatoms. The van der Waals surface area contributed by atoms with Crippen molar-refractivity contribution < 1.29 is 13.8 Å². The fraction of sp³-hybridized carbons (Fsp3) is 0.111. The smallest absolute Gasteiger partial charge is 0.270 e. The van der Waals surface area contributed by atoms with E-state index in [0.717, 1.165) is 5.56 Å². The second kappa shape index (κ2) is 6.86. The van der Waals surface area contributed by atoms with Crippen molar-refractivity contribution in [3.05, 3.63) is 68.1 Å². The van der Waals surface area contributed by atoms with E-state index in [-0.39, 0.29) is 11.6 Å². The number of furan rings is 2. The molecular formula is C18H12ClN3O4. The van der Waals surface area contributed by atoms with Gasteiger partial charge in [-0.1, -0.05) is 11.6 Å². The van der Waals surface area contributed by atoms with E-state index in [0.29, 0.717) is 33.4 Å². The molecule has 0 aliphatic heterocycles. The van der Waals surface area contributed by atoms with Gasteiger partial charge >= 0.3 is 0 Å². The Hall–Kier alpha value is -3.37. The predicted molar refractivity (Wildman–Crippen MR) is 96.0 cm³/mol. The number of aryl methyl sites for hydroxylation is 1. The van der Waals surface area contributed by atoms with Gasteiger partial charge in [-0.25, -0.2) is 4.99 Å². The van der Waals surface area contributed by atoms with Crippen LogP contribution in [0.2, 0.25) is 5.02 Å². The Kier molecular flexibility index (Phi) is 4.61. The highest BCUT2D eigenvalue weighted by atomic mass is 35.5. The van der Waals surface area contributed by atoms with Crippen LogP contribution in [0.1, 0.15) is 22.6 Å². The van der Waals surface area contributed by atoms with Crippen molar-refractivity contribution in [2.75, 3.05) is 0 Å². The molecule has 0 radical (unpaired) electrons. The molecule has 0 N–H and O–H groups in total. The molecule has 0 saturated heterocycles. The van der Waals surface area contributed by atoms with Crippen molar-refractivity contribution in [3.8, 4) is 17.4 Å². The minimum atomic E-state index is -0.504. The van der Waals surface area contributed by atoms with E-state index < -0.39 is 4.92 Å². The summed E-state index contributed by atoms with van der Waals surface area (Å²) in [6.07, 6.45) is 1.41. The van der Waals surface area contributed by atoms with Gasteiger partial charge in [0.1, 0.15) is 28.9 Å². The van der Waals surface area contributed by atoms with Crippen molar-refractivity contribution in [3.63, 3.8) is 0 Å². The third-order valence-corrected chi connectivity index (χ3v) is 4.17. The molecule has 130 valence electrons. The highest BCUT2D eigenvalue weighted by Crippen LogP contribution is 2.33. The summed E-state index contributed by atoms with van der Waals surface area (Å²) in [7, 11) is 0. The molecule has 3 rings (SSSR count). The van der Waals surface area contributed by atoms with Crippen LogP contribution in [-0.2, 0) is 0 Å². The fourth-order valence-electron chi connectivity index (χ4n) is 2.34. The van der Waals surface area contributed by atoms with E-state index in [1.165, 1.54) is 24.4 Å². The molecule has 0 amide bonds. The Labute approximate surface area is 153 Å². The summed E-state index contributed by atoms with van der Waals surface area (Å²) in [4.78, 5) is 14.6. The van der Waals surface area contributed by atoms with Crippen LogP contribution >= 0.6 is 11.6 Å². The van der Waals surface area contributed by atoms with Crippen molar-refractivity contribution in [2.45, 2.75) is 13.8 Å². The summed E-state index contributed by atoms with van der Waals surface area (Å²) in [5.74, 6) is 1.58. The first-order chi connectivity index (χ1) is 12.4. The standard InChI is InChI=1S/C18H12ClN3O4/c1-10-11(2)25-18(15(10)8-20)21-9-13-4-6-17(26-13)14-7-12(22(23)24)3-5-16(14)19/h3-7,9H,1-2H3. The normalized spacial score (nSPS) is 11.0. The number of nitrogens with zero attached hydrogens (tertiary/aromatic N) is 3. The second-order valence-corrected chi connectivity index (χ2v) is 5.86. The maximum absolute atomic E-state index is 10.9. The first-order valence-corrected chi connectivity index (χ1v) is 7.87. The molecule has 2 aromatic heterocycles. The van der Waals surface area contributed by atoms with Gasteiger partial charge < -0.3 is 8.83 Å². The van der Waals surface area contributed by atoms with Gasteiger partial charge in [-0.15, -0.1) is 0 Å². The minimum absolute atomic E-state index is 0.0868. The molecular weight excluding hydrogens is 358 g/mol. The Balaban J connectivity index is 1.92. The first kappa shape index (κ1) is 17.5. The van der Waals surface area contributed by atoms with E-state index in [1.807, 2.05) is 0 Å². The van der Waals surface area contributed by atoms with Gasteiger partial charge in [0, 0.05) is 23.3 Å². The topological polar surface area (TPSA) is 106 Å². The van der Waals surface area contributed by atoms with Gasteiger partial charge in [-0.3, -0.25) is 10.1 Å². The molecule has 26 heavy (non-hydrogen) atoms. The number of benzene rings is 1. The lowest BCUT2D eigenvalue weighted by atomic mass is 10.1. The zero-order valence-corrected chi connectivity index (χ0v) is 14.6. The molecule has 0 bridgehead atoms. The molecule has 2 heterocycles. The number of nitro groups is 1. The molecule has 0 saturated carbocycles. The third kappa shape index (κ3) is 3.23. The number of halogens is 1. The molecule has 0 aliphatic rings. The van der Waals surface area contributed by atoms with Crippen LogP contribution in [-0.4, -0.2) is 11.1 Å². The zero-order valence-electron chi connectivity index (χ0n) is 13.8. The Morgan fingerprint density at radius 1 is 1.27 bits per heavy atom. The van der Waals surface area contributed by atoms with Gasteiger partial charge in [-0.05, 0) is 32.0 Å². The van der Waals surface area contributed by atoms with E-state index in [9.17, 15) is 15.4 Å². The quantitative estimate of drug-likeness (QED) is 0.350. The van der Waals surface area contributed by atoms with Crippen molar-refractivity contribution in [1.29, 1.82) is 5.26 Å². The van der Waals surface area contributed by atoms with Gasteiger partial charge in [0.25, 0.3) is 5.69 Å². The van der Waals surface area contributed by atoms with Gasteiger partial charge in [0.15, 0.2) is 0 Å². The number of nitro benzene ring substituents is 1. The average Bonchev–Trinajstić information content (AvgIpc) is 3.18. The highest BCUT2D eigenvalue weighted by molar-refractivity contribution is 6.33. The van der Waals surface area contributed by atoms with E-state index in [4.69, 9.17) is 20.4 Å². The lowest BCUT2D eigenvalue weighted by molar-refractivity contribution is -0.384. The highest BCUT2D eigenvalue weighted by Gasteiger charge is 2.15. The van der Waals surface area contributed by atoms with E-state index >= 15 is 0 Å². The molecule has 0 fully saturated rings. The van der Waals surface area contributed by atoms with Crippen LogP contribution in [0.3, 0.4) is 0 Å². The monoisotopic (exact) mass is 369 g/mol. The van der Waals surface area contributed by atoms with Crippen LogP contribution in [0.4, 0.5) is 11.6 Å². The Morgan fingerprint density at radius 2 is 2.04 bits per heavy atom. The van der Waals surface area contributed by atoms with Crippen molar-refractivity contribution in [2.24, 2.45) is 4.99 Å². The van der Waals surface area contributed by atoms with Crippen molar-refractivity contribution >= 4 is 29.4 Å². The van der Waals surface area contributed by atoms with Crippen LogP contribution in [0.25, 0.3) is 11.3 Å². The van der Waals surface area contributed by atoms with E-state index in [2.05, 4.69) is 11.1 Å². The van der Waals surface area contributed by atoms with Gasteiger partial charge in [0.05, 0.1) is 16.2 Å². The van der Waals surface area contributed by atoms with Gasteiger partial charge in [-0.2, -0.15) is 5.26 Å². The van der Waals surface area contributed by atoms with Crippen molar-refractivity contribution in [1.82, 2.24) is 0 Å². The number of nitriles is 1. The maximum atomic E-state index is 10.9. The molecule has 3 aromatic rings. The predicted octanol–water partition coefficient (Wildman–Crippen LogP) is 5.34. The number of hydrogen-bond donors (Lipinski definition) is 0. The largest absolute Gasteiger partial charge is 0.455 e. The summed E-state index contributed by atoms with van der Waals surface area (Å²) in [5.41, 5.74) is 1.43. The third-order valence-electron chi connectivity index (χ3n) is 3.84. The lowest BCUT2D eigenvalue weighted by Crippen LogP contribution is -1.88. The van der Waals surface area contributed by atoms with Crippen LogP contribution in [0.15, 0.2) is 44.2 Å². The number of rotatable bonds is 4. The summed E-state index contributed by atoms with van der Waals surface area (Å²) in [5, 5.41) is 20.4. The summed E-state index contributed by atoms with van der Waals surface area (Å²) >= 11 is 6.11. The van der Waals surface area contributed by atoms with Gasteiger partial charge in [0.2, 0.25) is 5.88 Å². The van der Waals surface area contributed by atoms with E-state index in [1.54, 1.807) is 26.0 Å². The van der Waals surface area contributed by atoms with Crippen LogP contribution < -0.4 is 0 Å². The Bertz CT molecular complexity index is 1070. The first-order valence-electron chi connectivity index (χ1n) is 7.49. The number of aliphatic imine (C=N–C) groups is 1. The zero-order chi connectivity index (χ0) is 18.8. The SMILES string of the molecule is Cc1oc(N=Cc2ccc(-c3cc([N+](=O)[O-])ccc3Cl)o2)c(C#N)c1C. The number of non-ortho nitro benzene ring substituents is 1. The van der Waals surface area contributed by atoms with Crippen LogP contribution in [0, 0.1) is 35.3 Å². The molecule has 1 aromatic carbocycles. The molecule has 0 unspecified atom stereocenters. The maximum Gasteiger partial charge on any atom is 0.270 e. The average molecular weight is 370 g/mol.